The Hall–Kier alpha value is -4.20. The molecule has 3 heterocycles. The van der Waals surface area contributed by atoms with Gasteiger partial charge in [-0.25, -0.2) is 18.4 Å². The maximum atomic E-state index is 13.7. The van der Waals surface area contributed by atoms with Crippen LogP contribution >= 0.6 is 0 Å². The number of carbonyl (C=O) groups is 1. The Labute approximate surface area is 250 Å². The van der Waals surface area contributed by atoms with Gasteiger partial charge in [0.15, 0.2) is 21.3 Å². The third-order valence-corrected chi connectivity index (χ3v) is 8.24. The predicted octanol–water partition coefficient (Wildman–Crippen LogP) is 4.38. The van der Waals surface area contributed by atoms with Crippen LogP contribution in [0.5, 0.6) is 17.4 Å². The van der Waals surface area contributed by atoms with E-state index in [1.54, 1.807) is 48.1 Å². The molecule has 228 valence electrons. The van der Waals surface area contributed by atoms with Gasteiger partial charge in [0.2, 0.25) is 11.8 Å². The Morgan fingerprint density at radius 3 is 2.51 bits per heavy atom. The fourth-order valence-electron chi connectivity index (χ4n) is 4.86. The van der Waals surface area contributed by atoms with E-state index < -0.39 is 15.7 Å². The average molecular weight is 609 g/mol. The zero-order valence-electron chi connectivity index (χ0n) is 25.1. The number of sulfone groups is 1. The minimum Gasteiger partial charge on any atom is -0.493 e. The van der Waals surface area contributed by atoms with Crippen molar-refractivity contribution in [3.63, 3.8) is 0 Å². The van der Waals surface area contributed by atoms with Crippen LogP contribution in [0.25, 0.3) is 10.9 Å². The van der Waals surface area contributed by atoms with Crippen LogP contribution in [0, 0.1) is 0 Å². The molecular weight excluding hydrogens is 572 g/mol. The molecule has 0 radical (unpaired) electrons. The van der Waals surface area contributed by atoms with Crippen molar-refractivity contribution in [2.75, 3.05) is 50.4 Å². The largest absolute Gasteiger partial charge is 0.493 e. The highest BCUT2D eigenvalue weighted by atomic mass is 32.2. The number of hydrazine groups is 1. The molecule has 5 rings (SSSR count). The molecule has 12 nitrogen and oxygen atoms in total. The molecule has 1 amide bonds. The number of morpholine rings is 1. The molecule has 0 spiro atoms. The van der Waals surface area contributed by atoms with Gasteiger partial charge in [-0.05, 0) is 35.2 Å². The Kier molecular flexibility index (Phi) is 8.32. The van der Waals surface area contributed by atoms with Gasteiger partial charge < -0.3 is 24.1 Å². The highest BCUT2D eigenvalue weighted by molar-refractivity contribution is 7.90. The molecule has 2 aromatic carbocycles. The van der Waals surface area contributed by atoms with Crippen molar-refractivity contribution in [3.8, 4) is 17.4 Å². The number of aromatic nitrogens is 3. The van der Waals surface area contributed by atoms with E-state index in [4.69, 9.17) is 14.2 Å². The number of ether oxygens (including phenoxy) is 3. The molecule has 4 aromatic rings. The molecule has 2 N–H and O–H groups in total. The van der Waals surface area contributed by atoms with Gasteiger partial charge in [-0.2, -0.15) is 4.98 Å². The Morgan fingerprint density at radius 2 is 1.84 bits per heavy atom. The monoisotopic (exact) mass is 608 g/mol. The van der Waals surface area contributed by atoms with Gasteiger partial charge in [0.05, 0.1) is 31.5 Å². The summed E-state index contributed by atoms with van der Waals surface area (Å²) in [5, 5.41) is 5.65. The van der Waals surface area contributed by atoms with E-state index in [-0.39, 0.29) is 21.7 Å². The zero-order valence-corrected chi connectivity index (χ0v) is 25.9. The van der Waals surface area contributed by atoms with Crippen LogP contribution in [0.15, 0.2) is 53.6 Å². The summed E-state index contributed by atoms with van der Waals surface area (Å²) < 4.78 is 44.1. The van der Waals surface area contributed by atoms with Crippen LogP contribution in [0.2, 0.25) is 0 Å². The lowest BCUT2D eigenvalue weighted by Gasteiger charge is -2.26. The van der Waals surface area contributed by atoms with Crippen LogP contribution in [-0.4, -0.2) is 73.5 Å². The molecule has 0 bridgehead atoms. The number of hydrogen-bond donors (Lipinski definition) is 2. The van der Waals surface area contributed by atoms with Gasteiger partial charge in [0.25, 0.3) is 5.91 Å². The van der Waals surface area contributed by atoms with Crippen molar-refractivity contribution in [2.24, 2.45) is 7.05 Å². The predicted molar refractivity (Wildman–Crippen MR) is 164 cm³/mol. The zero-order chi connectivity index (χ0) is 30.9. The van der Waals surface area contributed by atoms with Gasteiger partial charge in [0.1, 0.15) is 10.6 Å². The summed E-state index contributed by atoms with van der Waals surface area (Å²) in [4.78, 5) is 22.5. The maximum absolute atomic E-state index is 13.7. The molecule has 0 unspecified atom stereocenters. The number of benzene rings is 2. The van der Waals surface area contributed by atoms with Gasteiger partial charge in [-0.15, -0.1) is 0 Å². The van der Waals surface area contributed by atoms with Crippen LogP contribution in [0.1, 0.15) is 36.8 Å². The smallest absolute Gasteiger partial charge is 0.272 e. The minimum atomic E-state index is -3.65. The summed E-state index contributed by atoms with van der Waals surface area (Å²) >= 11 is 0. The van der Waals surface area contributed by atoms with E-state index in [1.165, 1.54) is 7.11 Å². The lowest BCUT2D eigenvalue weighted by Crippen LogP contribution is -2.40. The second kappa shape index (κ2) is 11.8. The number of anilines is 2. The summed E-state index contributed by atoms with van der Waals surface area (Å²) in [5.41, 5.74) is 4.83. The molecule has 0 aliphatic carbocycles. The lowest BCUT2D eigenvalue weighted by atomic mass is 9.86. The van der Waals surface area contributed by atoms with Crippen LogP contribution in [0.3, 0.4) is 0 Å². The molecule has 13 heteroatoms. The topological polar surface area (TPSA) is 137 Å². The second-order valence-corrected chi connectivity index (χ2v) is 13.3. The first-order chi connectivity index (χ1) is 20.3. The average Bonchev–Trinajstić information content (AvgIpc) is 3.29. The number of nitrogens with one attached hydrogen (secondary N) is 2. The summed E-state index contributed by atoms with van der Waals surface area (Å²) in [5.74, 6) is 0.882. The number of nitrogens with zero attached hydrogens (tertiary/aromatic N) is 4. The first-order valence-electron chi connectivity index (χ1n) is 13.8. The highest BCUT2D eigenvalue weighted by Crippen LogP contribution is 2.38. The summed E-state index contributed by atoms with van der Waals surface area (Å²) in [6.45, 7) is 8.59. The third kappa shape index (κ3) is 6.58. The number of methoxy groups -OCH3 is 1. The van der Waals surface area contributed by atoms with E-state index in [0.717, 1.165) is 17.2 Å². The highest BCUT2D eigenvalue weighted by Gasteiger charge is 2.26. The Morgan fingerprint density at radius 1 is 1.09 bits per heavy atom. The van der Waals surface area contributed by atoms with Crippen molar-refractivity contribution in [3.05, 3.63) is 59.9 Å². The summed E-state index contributed by atoms with van der Waals surface area (Å²) in [6.07, 6.45) is 2.73. The first-order valence-corrected chi connectivity index (χ1v) is 15.7. The number of carbonyl (C=O) groups excluding carboxylic acids is 1. The van der Waals surface area contributed by atoms with Crippen molar-refractivity contribution >= 4 is 38.3 Å². The third-order valence-electron chi connectivity index (χ3n) is 7.14. The van der Waals surface area contributed by atoms with Crippen molar-refractivity contribution in [1.29, 1.82) is 0 Å². The molecule has 2 aromatic heterocycles. The van der Waals surface area contributed by atoms with Crippen LogP contribution < -0.4 is 20.2 Å². The molecule has 1 aliphatic rings. The van der Waals surface area contributed by atoms with Crippen molar-refractivity contribution < 1.29 is 27.4 Å². The number of fused-ring (bicyclic) bond motifs is 1. The maximum Gasteiger partial charge on any atom is 0.272 e. The molecule has 1 saturated heterocycles. The molecular formula is C30H36N6O6S. The van der Waals surface area contributed by atoms with Gasteiger partial charge in [0, 0.05) is 44.0 Å². The fraction of sp³-hybridized carbons (Fsp3) is 0.367. The first kappa shape index (κ1) is 30.3. The number of aryl methyl sites for hydroxylation is 1. The number of amides is 1. The van der Waals surface area contributed by atoms with E-state index in [0.29, 0.717) is 55.1 Å². The lowest BCUT2D eigenvalue weighted by molar-refractivity contribution is 0.0492. The minimum absolute atomic E-state index is 0.0118. The van der Waals surface area contributed by atoms with E-state index >= 15 is 0 Å². The van der Waals surface area contributed by atoms with E-state index in [9.17, 15) is 13.2 Å². The van der Waals surface area contributed by atoms with E-state index in [2.05, 4.69) is 20.7 Å². The van der Waals surface area contributed by atoms with Gasteiger partial charge in [-0.3, -0.25) is 10.2 Å². The Bertz CT molecular complexity index is 1770. The fourth-order valence-corrected chi connectivity index (χ4v) is 5.73. The number of rotatable bonds is 8. The quantitative estimate of drug-likeness (QED) is 0.296. The molecule has 0 saturated carbocycles. The Balaban J connectivity index is 1.46. The molecule has 0 atom stereocenters. The van der Waals surface area contributed by atoms with Gasteiger partial charge >= 0.3 is 0 Å². The van der Waals surface area contributed by atoms with E-state index in [1.807, 2.05) is 37.9 Å². The van der Waals surface area contributed by atoms with Gasteiger partial charge in [-0.1, -0.05) is 32.9 Å². The standard InChI is InChI=1S/C30H36N6O6S/c1-30(2,3)20-17-21(27(40-5)24(18-20)43(6,38)39)32-28(37)22-16-19-8-7-9-23(26(19)35(22)4)42-25-10-11-31-29(33-25)34-36-12-14-41-15-13-36/h7-11,16-18H,12-15H2,1-6H3,(H,32,37)(H,31,33,34). The van der Waals surface area contributed by atoms with Crippen molar-refractivity contribution in [1.82, 2.24) is 19.5 Å². The van der Waals surface area contributed by atoms with Crippen LogP contribution in [-0.2, 0) is 27.0 Å². The SMILES string of the molecule is COc1c(NC(=O)c2cc3cccc(Oc4ccnc(NN5CCOCC5)n4)c3n2C)cc(C(C)(C)C)cc1S(C)(=O)=O. The summed E-state index contributed by atoms with van der Waals surface area (Å²) in [7, 11) is -0.503. The molecule has 1 aliphatic heterocycles. The summed E-state index contributed by atoms with van der Waals surface area (Å²) in [6, 6.07) is 12.3. The molecule has 1 fully saturated rings. The number of para-hydroxylation sites is 1. The van der Waals surface area contributed by atoms with Crippen molar-refractivity contribution in [2.45, 2.75) is 31.1 Å². The van der Waals surface area contributed by atoms with Crippen LogP contribution in [0.4, 0.5) is 11.6 Å². The molecule has 43 heavy (non-hydrogen) atoms. The number of hydrogen-bond acceptors (Lipinski definition) is 10. The normalized spacial score (nSPS) is 14.5. The second-order valence-electron chi connectivity index (χ2n) is 11.3.